The van der Waals surface area contributed by atoms with Gasteiger partial charge in [0.15, 0.2) is 0 Å². The van der Waals surface area contributed by atoms with E-state index in [-0.39, 0.29) is 0 Å². The Bertz CT molecular complexity index is 780. The number of hydrogen-bond acceptors (Lipinski definition) is 2. The van der Waals surface area contributed by atoms with Crippen LogP contribution in [0, 0.1) is 0 Å². The van der Waals surface area contributed by atoms with Gasteiger partial charge < -0.3 is 10.1 Å². The van der Waals surface area contributed by atoms with Crippen molar-refractivity contribution in [1.29, 1.82) is 0 Å². The Labute approximate surface area is 111 Å². The lowest BCUT2D eigenvalue weighted by molar-refractivity contribution is 0.477. The van der Waals surface area contributed by atoms with Gasteiger partial charge in [-0.2, -0.15) is 0 Å². The van der Waals surface area contributed by atoms with Crippen molar-refractivity contribution in [1.82, 2.24) is 9.97 Å². The number of nitrogens with zero attached hydrogens (tertiary/aromatic N) is 1. The summed E-state index contributed by atoms with van der Waals surface area (Å²) in [7, 11) is 0. The molecule has 96 valence electrons. The molecule has 0 aliphatic heterocycles. The Kier molecular flexibility index (Phi) is 2.75. The number of H-pyrrole nitrogens is 1. The van der Waals surface area contributed by atoms with Gasteiger partial charge in [0.2, 0.25) is 0 Å². The predicted octanol–water partition coefficient (Wildman–Crippen LogP) is 3.93. The first-order valence-corrected chi connectivity index (χ1v) is 6.37. The van der Waals surface area contributed by atoms with Crippen LogP contribution in [-0.2, 0) is 6.42 Å². The minimum Gasteiger partial charge on any atom is -0.507 e. The van der Waals surface area contributed by atoms with E-state index in [4.69, 9.17) is 0 Å². The molecule has 0 spiro atoms. The number of benzene rings is 2. The summed E-state index contributed by atoms with van der Waals surface area (Å²) < 4.78 is 0. The maximum atomic E-state index is 10.5. The molecule has 3 rings (SSSR count). The molecule has 3 heteroatoms. The van der Waals surface area contributed by atoms with Crippen molar-refractivity contribution >= 4 is 21.8 Å². The Hall–Kier alpha value is -2.29. The maximum Gasteiger partial charge on any atom is 0.129 e. The summed E-state index contributed by atoms with van der Waals surface area (Å²) in [6, 6.07) is 7.85. The second-order valence-corrected chi connectivity index (χ2v) is 4.98. The SMILES string of the molecule is CC(C)=CCc1c(O)c2ccccc2c2[nH]cnc12. The second-order valence-electron chi connectivity index (χ2n) is 4.98. The van der Waals surface area contributed by atoms with E-state index >= 15 is 0 Å². The first kappa shape index (κ1) is 11.8. The van der Waals surface area contributed by atoms with Crippen molar-refractivity contribution in [3.63, 3.8) is 0 Å². The zero-order valence-electron chi connectivity index (χ0n) is 11.1. The van der Waals surface area contributed by atoms with Gasteiger partial charge in [-0.1, -0.05) is 35.9 Å². The normalized spacial score (nSPS) is 11.1. The molecule has 0 unspecified atom stereocenters. The number of hydrogen-bond donors (Lipinski definition) is 2. The lowest BCUT2D eigenvalue weighted by Gasteiger charge is -2.08. The average Bonchev–Trinajstić information content (AvgIpc) is 2.87. The van der Waals surface area contributed by atoms with Crippen LogP contribution in [0.5, 0.6) is 5.75 Å². The number of nitrogens with one attached hydrogen (secondary N) is 1. The number of phenols is 1. The number of imidazole rings is 1. The highest BCUT2D eigenvalue weighted by Gasteiger charge is 2.14. The highest BCUT2D eigenvalue weighted by molar-refractivity contribution is 6.09. The molecule has 0 bridgehead atoms. The van der Waals surface area contributed by atoms with Crippen molar-refractivity contribution in [2.24, 2.45) is 0 Å². The Morgan fingerprint density at radius 1 is 1.26 bits per heavy atom. The standard InChI is InChI=1S/C16H16N2O/c1-10(2)7-8-13-15-14(17-9-18-15)11-5-3-4-6-12(11)16(13)19/h3-7,9,19H,8H2,1-2H3,(H,17,18). The molecule has 2 N–H and O–H groups in total. The van der Waals surface area contributed by atoms with Gasteiger partial charge in [0, 0.05) is 16.3 Å². The highest BCUT2D eigenvalue weighted by atomic mass is 16.3. The van der Waals surface area contributed by atoms with E-state index in [9.17, 15) is 5.11 Å². The van der Waals surface area contributed by atoms with E-state index in [0.717, 1.165) is 27.4 Å². The van der Waals surface area contributed by atoms with Crippen LogP contribution in [0.1, 0.15) is 19.4 Å². The zero-order valence-corrected chi connectivity index (χ0v) is 11.1. The summed E-state index contributed by atoms with van der Waals surface area (Å²) >= 11 is 0. The maximum absolute atomic E-state index is 10.5. The molecule has 0 aliphatic carbocycles. The molecule has 1 aromatic heterocycles. The van der Waals surface area contributed by atoms with Gasteiger partial charge in [-0.05, 0) is 20.3 Å². The largest absolute Gasteiger partial charge is 0.507 e. The number of fused-ring (bicyclic) bond motifs is 3. The quantitative estimate of drug-likeness (QED) is 0.679. The van der Waals surface area contributed by atoms with Crippen molar-refractivity contribution in [2.45, 2.75) is 20.3 Å². The number of aromatic hydroxyl groups is 1. The summed E-state index contributed by atoms with van der Waals surface area (Å²) in [6.07, 6.45) is 4.49. The number of phenolic OH excluding ortho intramolecular Hbond substituents is 1. The van der Waals surface area contributed by atoms with Gasteiger partial charge in [-0.25, -0.2) is 4.98 Å². The molecule has 3 aromatic rings. The number of aromatic amines is 1. The van der Waals surface area contributed by atoms with E-state index < -0.39 is 0 Å². The monoisotopic (exact) mass is 252 g/mol. The molecular formula is C16H16N2O. The van der Waals surface area contributed by atoms with Crippen LogP contribution in [0.15, 0.2) is 42.2 Å². The highest BCUT2D eigenvalue weighted by Crippen LogP contribution is 2.36. The number of rotatable bonds is 2. The van der Waals surface area contributed by atoms with Crippen LogP contribution in [0.3, 0.4) is 0 Å². The molecule has 3 nitrogen and oxygen atoms in total. The molecule has 0 aliphatic rings. The molecule has 0 fully saturated rings. The Morgan fingerprint density at radius 2 is 2.00 bits per heavy atom. The van der Waals surface area contributed by atoms with Gasteiger partial charge >= 0.3 is 0 Å². The summed E-state index contributed by atoms with van der Waals surface area (Å²) in [5.74, 6) is 0.340. The van der Waals surface area contributed by atoms with Crippen LogP contribution in [0.25, 0.3) is 21.8 Å². The van der Waals surface area contributed by atoms with Crippen molar-refractivity contribution in [3.8, 4) is 5.75 Å². The van der Waals surface area contributed by atoms with Gasteiger partial charge in [-0.15, -0.1) is 0 Å². The van der Waals surface area contributed by atoms with Crippen LogP contribution >= 0.6 is 0 Å². The lowest BCUT2D eigenvalue weighted by atomic mass is 10.00. The van der Waals surface area contributed by atoms with Crippen molar-refractivity contribution in [3.05, 3.63) is 47.8 Å². The van der Waals surface area contributed by atoms with Crippen LogP contribution in [0.4, 0.5) is 0 Å². The minimum atomic E-state index is 0.340. The summed E-state index contributed by atoms with van der Waals surface area (Å²) in [5.41, 5.74) is 3.96. The third-order valence-electron chi connectivity index (χ3n) is 3.38. The van der Waals surface area contributed by atoms with Gasteiger partial charge in [0.25, 0.3) is 0 Å². The molecule has 0 saturated heterocycles. The summed E-state index contributed by atoms with van der Waals surface area (Å²) in [6.45, 7) is 4.11. The fourth-order valence-electron chi connectivity index (χ4n) is 2.41. The van der Waals surface area contributed by atoms with E-state index in [0.29, 0.717) is 12.2 Å². The van der Waals surface area contributed by atoms with E-state index in [1.807, 2.05) is 24.3 Å². The third-order valence-corrected chi connectivity index (χ3v) is 3.38. The molecular weight excluding hydrogens is 236 g/mol. The van der Waals surface area contributed by atoms with E-state index in [1.165, 1.54) is 5.57 Å². The van der Waals surface area contributed by atoms with Crippen LogP contribution in [0.2, 0.25) is 0 Å². The number of allylic oxidation sites excluding steroid dienone is 2. The van der Waals surface area contributed by atoms with Crippen molar-refractivity contribution < 1.29 is 5.11 Å². The van der Waals surface area contributed by atoms with Crippen LogP contribution < -0.4 is 0 Å². The molecule has 0 saturated carbocycles. The minimum absolute atomic E-state index is 0.340. The molecule has 19 heavy (non-hydrogen) atoms. The second kappa shape index (κ2) is 4.43. The van der Waals surface area contributed by atoms with Crippen molar-refractivity contribution in [2.75, 3.05) is 0 Å². The molecule has 1 heterocycles. The van der Waals surface area contributed by atoms with Crippen LogP contribution in [-0.4, -0.2) is 15.1 Å². The fraction of sp³-hybridized carbons (Fsp3) is 0.188. The lowest BCUT2D eigenvalue weighted by Crippen LogP contribution is -1.89. The average molecular weight is 252 g/mol. The third kappa shape index (κ3) is 1.87. The smallest absolute Gasteiger partial charge is 0.129 e. The first-order chi connectivity index (χ1) is 9.18. The van der Waals surface area contributed by atoms with E-state index in [2.05, 4.69) is 29.9 Å². The molecule has 2 aromatic carbocycles. The summed E-state index contributed by atoms with van der Waals surface area (Å²) in [4.78, 5) is 7.54. The fourth-order valence-corrected chi connectivity index (χ4v) is 2.41. The van der Waals surface area contributed by atoms with Gasteiger partial charge in [0.1, 0.15) is 5.75 Å². The Balaban J connectivity index is 2.37. The molecule has 0 amide bonds. The molecule has 0 atom stereocenters. The van der Waals surface area contributed by atoms with E-state index in [1.54, 1.807) is 6.33 Å². The topological polar surface area (TPSA) is 48.9 Å². The van der Waals surface area contributed by atoms with Gasteiger partial charge in [0.05, 0.1) is 17.4 Å². The number of aromatic nitrogens is 2. The summed E-state index contributed by atoms with van der Waals surface area (Å²) in [5, 5.41) is 12.4. The molecule has 0 radical (unpaired) electrons. The Morgan fingerprint density at radius 3 is 2.74 bits per heavy atom. The predicted molar refractivity (Wildman–Crippen MR) is 78.4 cm³/mol. The first-order valence-electron chi connectivity index (χ1n) is 6.37. The van der Waals surface area contributed by atoms with Gasteiger partial charge in [-0.3, -0.25) is 0 Å². The zero-order chi connectivity index (χ0) is 13.4.